The van der Waals surface area contributed by atoms with Crippen molar-refractivity contribution in [2.75, 3.05) is 11.9 Å². The number of rotatable bonds is 3. The first-order chi connectivity index (χ1) is 9.84. The summed E-state index contributed by atoms with van der Waals surface area (Å²) in [5.74, 6) is 0.692. The third kappa shape index (κ3) is 2.52. The molecule has 0 aliphatic heterocycles. The Morgan fingerprint density at radius 2 is 1.45 bits per heavy atom. The van der Waals surface area contributed by atoms with Gasteiger partial charge in [-0.3, -0.25) is 0 Å². The number of anilines is 2. The van der Waals surface area contributed by atoms with E-state index in [1.807, 2.05) is 66.5 Å². The van der Waals surface area contributed by atoms with Crippen molar-refractivity contribution in [2.45, 2.75) is 0 Å². The van der Waals surface area contributed by atoms with Crippen LogP contribution in [-0.4, -0.2) is 17.0 Å². The van der Waals surface area contributed by atoms with Crippen LogP contribution in [0.2, 0.25) is 0 Å². The van der Waals surface area contributed by atoms with Crippen molar-refractivity contribution in [3.63, 3.8) is 0 Å². The highest BCUT2D eigenvalue weighted by molar-refractivity contribution is 5.62. The van der Waals surface area contributed by atoms with Gasteiger partial charge in [0.15, 0.2) is 0 Å². The molecule has 1 aromatic heterocycles. The highest BCUT2D eigenvalue weighted by Crippen LogP contribution is 2.22. The van der Waals surface area contributed by atoms with E-state index in [0.717, 1.165) is 16.9 Å². The molecule has 0 aliphatic carbocycles. The van der Waals surface area contributed by atoms with E-state index in [4.69, 9.17) is 0 Å². The fourth-order valence-corrected chi connectivity index (χ4v) is 2.05. The van der Waals surface area contributed by atoms with Gasteiger partial charge in [0, 0.05) is 24.5 Å². The fraction of sp³-hybridized carbons (Fsp3) is 0.0588. The molecule has 0 radical (unpaired) electrons. The van der Waals surface area contributed by atoms with Crippen LogP contribution in [0.15, 0.2) is 72.9 Å². The molecular formula is C17H15N3. The lowest BCUT2D eigenvalue weighted by molar-refractivity contribution is 1.05. The quantitative estimate of drug-likeness (QED) is 0.715. The second-order valence-electron chi connectivity index (χ2n) is 4.50. The minimum Gasteiger partial charge on any atom is -0.314 e. The average molecular weight is 261 g/mol. The zero-order chi connectivity index (χ0) is 13.8. The summed E-state index contributed by atoms with van der Waals surface area (Å²) in [6, 6.07) is 22.1. The van der Waals surface area contributed by atoms with E-state index in [-0.39, 0.29) is 0 Å². The van der Waals surface area contributed by atoms with Gasteiger partial charge < -0.3 is 4.90 Å². The predicted molar refractivity (Wildman–Crippen MR) is 82.0 cm³/mol. The van der Waals surface area contributed by atoms with Gasteiger partial charge in [-0.05, 0) is 18.2 Å². The highest BCUT2D eigenvalue weighted by atomic mass is 15.2. The number of benzene rings is 2. The van der Waals surface area contributed by atoms with Gasteiger partial charge >= 0.3 is 0 Å². The first-order valence-electron chi connectivity index (χ1n) is 6.52. The zero-order valence-corrected chi connectivity index (χ0v) is 11.3. The number of aromatic nitrogens is 2. The van der Waals surface area contributed by atoms with Crippen LogP contribution in [0.5, 0.6) is 0 Å². The molecular weight excluding hydrogens is 246 g/mol. The Labute approximate surface area is 118 Å². The largest absolute Gasteiger partial charge is 0.314 e. The van der Waals surface area contributed by atoms with Crippen LogP contribution in [0.4, 0.5) is 11.6 Å². The molecule has 3 aromatic rings. The van der Waals surface area contributed by atoms with Crippen LogP contribution in [-0.2, 0) is 0 Å². The SMILES string of the molecule is CN(c1ccccc1)c1nccc(-c2ccccc2)n1. The van der Waals surface area contributed by atoms with E-state index >= 15 is 0 Å². The molecule has 0 N–H and O–H groups in total. The molecule has 3 rings (SSSR count). The van der Waals surface area contributed by atoms with Gasteiger partial charge in [0.2, 0.25) is 5.95 Å². The standard InChI is InChI=1S/C17H15N3/c1-20(15-10-6-3-7-11-15)17-18-13-12-16(19-17)14-8-4-2-5-9-14/h2-13H,1H3. The Morgan fingerprint density at radius 3 is 2.15 bits per heavy atom. The Balaban J connectivity index is 1.96. The third-order valence-electron chi connectivity index (χ3n) is 3.16. The minimum atomic E-state index is 0.692. The predicted octanol–water partition coefficient (Wildman–Crippen LogP) is 3.91. The number of nitrogens with zero attached hydrogens (tertiary/aromatic N) is 3. The molecule has 3 heteroatoms. The second kappa shape index (κ2) is 5.53. The fourth-order valence-electron chi connectivity index (χ4n) is 2.05. The van der Waals surface area contributed by atoms with Gasteiger partial charge in [-0.2, -0.15) is 0 Å². The third-order valence-corrected chi connectivity index (χ3v) is 3.16. The first-order valence-corrected chi connectivity index (χ1v) is 6.52. The van der Waals surface area contributed by atoms with Crippen molar-refractivity contribution in [3.05, 3.63) is 72.9 Å². The molecule has 0 saturated carbocycles. The summed E-state index contributed by atoms with van der Waals surface area (Å²) in [7, 11) is 1.97. The lowest BCUT2D eigenvalue weighted by Gasteiger charge is -2.17. The van der Waals surface area contributed by atoms with Crippen molar-refractivity contribution in [3.8, 4) is 11.3 Å². The molecule has 0 bridgehead atoms. The van der Waals surface area contributed by atoms with Crippen LogP contribution in [0, 0.1) is 0 Å². The Bertz CT molecular complexity index is 681. The van der Waals surface area contributed by atoms with Crippen molar-refractivity contribution in [2.24, 2.45) is 0 Å². The van der Waals surface area contributed by atoms with E-state index in [9.17, 15) is 0 Å². The molecule has 98 valence electrons. The number of hydrogen-bond donors (Lipinski definition) is 0. The van der Waals surface area contributed by atoms with Gasteiger partial charge in [-0.1, -0.05) is 48.5 Å². The van der Waals surface area contributed by atoms with Crippen molar-refractivity contribution < 1.29 is 0 Å². The minimum absolute atomic E-state index is 0.692. The van der Waals surface area contributed by atoms with Crippen molar-refractivity contribution in [1.82, 2.24) is 9.97 Å². The maximum absolute atomic E-state index is 4.63. The van der Waals surface area contributed by atoms with Crippen LogP contribution in [0.25, 0.3) is 11.3 Å². The molecule has 0 unspecified atom stereocenters. The van der Waals surface area contributed by atoms with Crippen LogP contribution < -0.4 is 4.90 Å². The molecule has 0 atom stereocenters. The van der Waals surface area contributed by atoms with Crippen molar-refractivity contribution >= 4 is 11.6 Å². The monoisotopic (exact) mass is 261 g/mol. The second-order valence-corrected chi connectivity index (χ2v) is 4.50. The maximum Gasteiger partial charge on any atom is 0.230 e. The summed E-state index contributed by atoms with van der Waals surface area (Å²) in [6.07, 6.45) is 1.80. The zero-order valence-electron chi connectivity index (χ0n) is 11.3. The summed E-state index contributed by atoms with van der Waals surface area (Å²) in [6.45, 7) is 0. The molecule has 0 spiro atoms. The average Bonchev–Trinajstić information content (AvgIpc) is 2.56. The topological polar surface area (TPSA) is 29.0 Å². The van der Waals surface area contributed by atoms with Gasteiger partial charge in [0.05, 0.1) is 5.69 Å². The van der Waals surface area contributed by atoms with Gasteiger partial charge in [-0.15, -0.1) is 0 Å². The molecule has 0 fully saturated rings. The normalized spacial score (nSPS) is 10.2. The van der Waals surface area contributed by atoms with Crippen LogP contribution >= 0.6 is 0 Å². The smallest absolute Gasteiger partial charge is 0.230 e. The summed E-state index contributed by atoms with van der Waals surface area (Å²) in [5, 5.41) is 0. The number of para-hydroxylation sites is 1. The van der Waals surface area contributed by atoms with Crippen molar-refractivity contribution in [1.29, 1.82) is 0 Å². The van der Waals surface area contributed by atoms with Gasteiger partial charge in [0.25, 0.3) is 0 Å². The molecule has 20 heavy (non-hydrogen) atoms. The summed E-state index contributed by atoms with van der Waals surface area (Å²) in [4.78, 5) is 11.0. The van der Waals surface area contributed by atoms with E-state index in [1.165, 1.54) is 0 Å². The summed E-state index contributed by atoms with van der Waals surface area (Å²) in [5.41, 5.74) is 3.09. The molecule has 3 nitrogen and oxygen atoms in total. The Morgan fingerprint density at radius 1 is 0.800 bits per heavy atom. The summed E-state index contributed by atoms with van der Waals surface area (Å²) < 4.78 is 0. The van der Waals surface area contributed by atoms with Crippen LogP contribution in [0.3, 0.4) is 0 Å². The molecule has 0 saturated heterocycles. The van der Waals surface area contributed by atoms with E-state index in [0.29, 0.717) is 5.95 Å². The van der Waals surface area contributed by atoms with Gasteiger partial charge in [0.1, 0.15) is 0 Å². The lowest BCUT2D eigenvalue weighted by Crippen LogP contribution is -2.12. The maximum atomic E-state index is 4.63. The summed E-state index contributed by atoms with van der Waals surface area (Å²) >= 11 is 0. The molecule has 0 aliphatic rings. The van der Waals surface area contributed by atoms with Gasteiger partial charge in [-0.25, -0.2) is 9.97 Å². The molecule has 1 heterocycles. The highest BCUT2D eigenvalue weighted by Gasteiger charge is 2.08. The van der Waals surface area contributed by atoms with E-state index in [2.05, 4.69) is 22.1 Å². The molecule has 0 amide bonds. The first kappa shape index (κ1) is 12.4. The van der Waals surface area contributed by atoms with E-state index in [1.54, 1.807) is 6.20 Å². The molecule has 2 aromatic carbocycles. The Kier molecular flexibility index (Phi) is 3.42. The van der Waals surface area contributed by atoms with Crippen LogP contribution in [0.1, 0.15) is 0 Å². The number of hydrogen-bond acceptors (Lipinski definition) is 3. The lowest BCUT2D eigenvalue weighted by atomic mass is 10.1. The van der Waals surface area contributed by atoms with E-state index < -0.39 is 0 Å². The Hall–Kier alpha value is -2.68.